The molecule has 9 nitrogen and oxygen atoms in total. The molecule has 3 fully saturated rings. The van der Waals surface area contributed by atoms with Gasteiger partial charge in [-0.05, 0) is 61.3 Å². The molecule has 2 amide bonds. The number of fused-ring (bicyclic) bond motifs is 5. The number of epoxide rings is 1. The van der Waals surface area contributed by atoms with Gasteiger partial charge in [0.2, 0.25) is 5.91 Å². The van der Waals surface area contributed by atoms with Crippen molar-refractivity contribution in [2.75, 3.05) is 24.8 Å². The molecule has 268 valence electrons. The normalized spacial score (nSPS) is 22.8. The van der Waals surface area contributed by atoms with Crippen LogP contribution in [0.1, 0.15) is 57.6 Å². The first-order chi connectivity index (χ1) is 23.7. The number of carbonyl (C=O) groups excluding carboxylic acids is 2. The van der Waals surface area contributed by atoms with Gasteiger partial charge in [0.05, 0.1) is 30.1 Å². The second kappa shape index (κ2) is 14.7. The number of ether oxygens (including phenoxy) is 3. The van der Waals surface area contributed by atoms with Crippen molar-refractivity contribution in [2.24, 2.45) is 0 Å². The number of hydrogen-bond donors (Lipinski definition) is 2. The van der Waals surface area contributed by atoms with E-state index < -0.39 is 14.4 Å². The fourth-order valence-electron chi connectivity index (χ4n) is 6.94. The zero-order valence-corrected chi connectivity index (χ0v) is 31.9. The Morgan fingerprint density at radius 2 is 1.68 bits per heavy atom. The third-order valence-electron chi connectivity index (χ3n) is 11.0. The van der Waals surface area contributed by atoms with E-state index in [9.17, 15) is 9.59 Å². The molecule has 1 unspecified atom stereocenters. The summed E-state index contributed by atoms with van der Waals surface area (Å²) in [5.74, 6) is 0.478. The van der Waals surface area contributed by atoms with Crippen molar-refractivity contribution < 1.29 is 28.2 Å². The maximum absolute atomic E-state index is 13.2. The Hall–Kier alpha value is -3.41. The average Bonchev–Trinajstić information content (AvgIpc) is 3.83. The van der Waals surface area contributed by atoms with E-state index in [2.05, 4.69) is 56.4 Å². The summed E-state index contributed by atoms with van der Waals surface area (Å²) in [7, 11) is 1.77. The number of benzene rings is 3. The molecule has 3 saturated heterocycles. The van der Waals surface area contributed by atoms with Crippen LogP contribution in [0.2, 0.25) is 23.2 Å². The first kappa shape index (κ1) is 36.4. The third-order valence-corrected chi connectivity index (χ3v) is 15.8. The molecular formula is C39H50ClN3O6Si. The summed E-state index contributed by atoms with van der Waals surface area (Å²) in [6.45, 7) is 11.4. The van der Waals surface area contributed by atoms with Gasteiger partial charge in [0, 0.05) is 48.5 Å². The van der Waals surface area contributed by atoms with Crippen molar-refractivity contribution in [3.8, 4) is 16.9 Å². The van der Waals surface area contributed by atoms with Crippen LogP contribution in [0.5, 0.6) is 5.75 Å². The molecule has 5 atom stereocenters. The van der Waals surface area contributed by atoms with Crippen molar-refractivity contribution >= 4 is 43.3 Å². The Morgan fingerprint density at radius 1 is 0.980 bits per heavy atom. The van der Waals surface area contributed by atoms with Gasteiger partial charge in [0.15, 0.2) is 8.32 Å². The van der Waals surface area contributed by atoms with Crippen LogP contribution in [-0.4, -0.2) is 69.8 Å². The van der Waals surface area contributed by atoms with Crippen LogP contribution in [-0.2, 0) is 31.7 Å². The van der Waals surface area contributed by atoms with Crippen molar-refractivity contribution in [1.29, 1.82) is 0 Å². The molecule has 3 aliphatic heterocycles. The van der Waals surface area contributed by atoms with Crippen molar-refractivity contribution in [3.63, 3.8) is 0 Å². The van der Waals surface area contributed by atoms with Gasteiger partial charge >= 0.3 is 6.09 Å². The lowest BCUT2D eigenvalue weighted by atomic mass is 9.99. The first-order valence-electron chi connectivity index (χ1n) is 17.6. The number of likely N-dealkylation sites (N-methyl/N-ethyl adjacent to an activating group) is 1. The van der Waals surface area contributed by atoms with Gasteiger partial charge < -0.3 is 24.0 Å². The molecule has 2 N–H and O–H groups in total. The molecule has 0 spiro atoms. The maximum atomic E-state index is 13.2. The number of halogens is 1. The van der Waals surface area contributed by atoms with Crippen LogP contribution in [0.25, 0.3) is 11.1 Å². The summed E-state index contributed by atoms with van der Waals surface area (Å²) in [4.78, 5) is 28.6. The second-order valence-electron chi connectivity index (χ2n) is 15.3. The number of nitrogens with one attached hydrogen (secondary N) is 2. The third kappa shape index (κ3) is 8.05. The van der Waals surface area contributed by atoms with Crippen LogP contribution in [0.3, 0.4) is 0 Å². The molecule has 11 heteroatoms. The largest absolute Gasteiger partial charge is 0.496 e. The van der Waals surface area contributed by atoms with E-state index in [1.54, 1.807) is 13.2 Å². The highest BCUT2D eigenvalue weighted by Crippen LogP contribution is 2.48. The van der Waals surface area contributed by atoms with Gasteiger partial charge in [-0.1, -0.05) is 74.8 Å². The lowest BCUT2D eigenvalue weighted by molar-refractivity contribution is -0.116. The molecule has 3 aromatic rings. The number of aryl methyl sites for hydroxylation is 1. The highest BCUT2D eigenvalue weighted by Gasteiger charge is 2.62. The van der Waals surface area contributed by atoms with Gasteiger partial charge in [-0.15, -0.1) is 0 Å². The lowest BCUT2D eigenvalue weighted by Crippen LogP contribution is -2.48. The summed E-state index contributed by atoms with van der Waals surface area (Å²) < 4.78 is 23.8. The van der Waals surface area contributed by atoms with Gasteiger partial charge in [0.25, 0.3) is 0 Å². The van der Waals surface area contributed by atoms with E-state index in [-0.39, 0.29) is 29.3 Å². The van der Waals surface area contributed by atoms with E-state index in [4.69, 9.17) is 30.2 Å². The number of rotatable bonds is 12. The molecule has 0 saturated carbocycles. The number of hydrogen-bond acceptors (Lipinski definition) is 7. The highest BCUT2D eigenvalue weighted by molar-refractivity contribution is 6.74. The number of carbonyl (C=O) groups is 2. The maximum Gasteiger partial charge on any atom is 0.411 e. The Balaban J connectivity index is 1.06. The minimum Gasteiger partial charge on any atom is -0.496 e. The van der Waals surface area contributed by atoms with E-state index >= 15 is 0 Å². The Morgan fingerprint density at radius 3 is 2.34 bits per heavy atom. The number of piperidine rings is 1. The predicted octanol–water partition coefficient (Wildman–Crippen LogP) is 8.66. The van der Waals surface area contributed by atoms with Crippen LogP contribution in [0.4, 0.5) is 16.2 Å². The number of amides is 2. The Bertz CT molecular complexity index is 1700. The standard InChI is InChI=1S/C39H50ClN3O6Si/c1-39(2,3)50(6,7)47-23-26-19-29(40)31(22-34(26)46-5)41-35(44)15-11-12-24-16-17-28(25-13-9-8-10-14-25)30(18-24)42-38(45)48-27-20-32-36-37(49-36)33(21-27)43(32)4/h8-10,13-14,16-19,22,27,32-33,36-37H,11-12,15,20-21,23H2,1-7H3,(H,41,44)(H,42,45)/t27?,32-,33+,36-,37+. The summed E-state index contributed by atoms with van der Waals surface area (Å²) in [6.07, 6.45) is 3.08. The molecule has 6 rings (SSSR count). The number of morpholine rings is 1. The van der Waals surface area contributed by atoms with Gasteiger partial charge in [-0.3, -0.25) is 15.0 Å². The lowest BCUT2D eigenvalue weighted by Gasteiger charge is -2.37. The number of nitrogens with zero attached hydrogens (tertiary/aromatic N) is 1. The number of anilines is 2. The molecule has 3 heterocycles. The molecule has 0 radical (unpaired) electrons. The SMILES string of the molecule is COc1cc(NC(=O)CCCc2ccc(-c3ccccc3)c(NC(=O)OC3C[C@@H]4[C@H]5O[C@H]5[C@H](C3)N4C)c2)c(Cl)cc1CO[Si](C)(C)C(C)(C)C. The number of methoxy groups -OCH3 is 1. The topological polar surface area (TPSA) is 102 Å². The zero-order valence-electron chi connectivity index (χ0n) is 30.2. The second-order valence-corrected chi connectivity index (χ2v) is 20.5. The molecular weight excluding hydrogens is 670 g/mol. The summed E-state index contributed by atoms with van der Waals surface area (Å²) >= 11 is 6.62. The molecule has 3 aromatic carbocycles. The van der Waals surface area contributed by atoms with Crippen molar-refractivity contribution in [1.82, 2.24) is 4.90 Å². The molecule has 2 bridgehead atoms. The predicted molar refractivity (Wildman–Crippen MR) is 201 cm³/mol. The fourth-order valence-corrected chi connectivity index (χ4v) is 8.12. The van der Waals surface area contributed by atoms with Crippen LogP contribution in [0.15, 0.2) is 60.7 Å². The molecule has 3 aliphatic rings. The van der Waals surface area contributed by atoms with Gasteiger partial charge in [-0.25, -0.2) is 4.79 Å². The summed E-state index contributed by atoms with van der Waals surface area (Å²) in [5, 5.41) is 6.51. The van der Waals surface area contributed by atoms with Crippen molar-refractivity contribution in [3.05, 3.63) is 76.8 Å². The van der Waals surface area contributed by atoms with Crippen LogP contribution >= 0.6 is 11.6 Å². The zero-order chi connectivity index (χ0) is 35.8. The minimum atomic E-state index is -1.97. The molecule has 0 aliphatic carbocycles. The van der Waals surface area contributed by atoms with E-state index in [1.807, 2.05) is 54.6 Å². The summed E-state index contributed by atoms with van der Waals surface area (Å²) in [5.41, 5.74) is 4.94. The smallest absolute Gasteiger partial charge is 0.411 e. The van der Waals surface area contributed by atoms with Crippen molar-refractivity contribution in [2.45, 2.75) is 108 Å². The van der Waals surface area contributed by atoms with Gasteiger partial charge in [0.1, 0.15) is 24.1 Å². The van der Waals surface area contributed by atoms with E-state index in [0.29, 0.717) is 60.1 Å². The Labute approximate surface area is 302 Å². The van der Waals surface area contributed by atoms with E-state index in [0.717, 1.165) is 35.1 Å². The average molecular weight is 720 g/mol. The summed E-state index contributed by atoms with van der Waals surface area (Å²) in [6, 6.07) is 20.2. The highest BCUT2D eigenvalue weighted by atomic mass is 35.5. The van der Waals surface area contributed by atoms with Crippen LogP contribution in [0, 0.1) is 0 Å². The minimum absolute atomic E-state index is 0.0779. The molecule has 50 heavy (non-hydrogen) atoms. The molecule has 0 aromatic heterocycles. The quantitative estimate of drug-likeness (QED) is 0.143. The van der Waals surface area contributed by atoms with Gasteiger partial charge in [-0.2, -0.15) is 0 Å². The monoisotopic (exact) mass is 719 g/mol. The first-order valence-corrected chi connectivity index (χ1v) is 20.9. The van der Waals surface area contributed by atoms with Crippen LogP contribution < -0.4 is 15.4 Å². The fraction of sp³-hybridized carbons (Fsp3) is 0.487. The van der Waals surface area contributed by atoms with E-state index in [1.165, 1.54) is 0 Å². The Kier molecular flexibility index (Phi) is 10.7.